The van der Waals surface area contributed by atoms with E-state index < -0.39 is 6.09 Å². The summed E-state index contributed by atoms with van der Waals surface area (Å²) >= 11 is 0. The van der Waals surface area contributed by atoms with Gasteiger partial charge in [0.25, 0.3) is 0 Å². The van der Waals surface area contributed by atoms with Crippen molar-refractivity contribution in [2.24, 2.45) is 5.73 Å². The van der Waals surface area contributed by atoms with Crippen LogP contribution in [0.3, 0.4) is 0 Å². The maximum atomic E-state index is 10.9. The van der Waals surface area contributed by atoms with E-state index >= 15 is 0 Å². The topological polar surface area (TPSA) is 93.4 Å². The molecular formula is C8H17N3O3. The Morgan fingerprint density at radius 3 is 2.64 bits per heavy atom. The Morgan fingerprint density at radius 1 is 1.36 bits per heavy atom. The van der Waals surface area contributed by atoms with E-state index in [-0.39, 0.29) is 12.5 Å². The van der Waals surface area contributed by atoms with E-state index in [0.717, 1.165) is 0 Å². The highest BCUT2D eigenvalue weighted by Crippen LogP contribution is 1.77. The zero-order valence-corrected chi connectivity index (χ0v) is 8.34. The number of amides is 2. The van der Waals surface area contributed by atoms with Crippen molar-refractivity contribution in [2.45, 2.75) is 13.3 Å². The third-order valence-corrected chi connectivity index (χ3v) is 1.43. The second kappa shape index (κ2) is 8.31. The molecule has 0 aromatic heterocycles. The molecule has 0 heterocycles. The first-order valence-corrected chi connectivity index (χ1v) is 4.56. The van der Waals surface area contributed by atoms with E-state index in [1.54, 1.807) is 0 Å². The molecule has 4 N–H and O–H groups in total. The minimum Gasteiger partial charge on any atom is -0.448 e. The van der Waals surface area contributed by atoms with Crippen molar-refractivity contribution in [3.63, 3.8) is 0 Å². The Kier molecular flexibility index (Phi) is 7.53. The van der Waals surface area contributed by atoms with E-state index in [2.05, 4.69) is 15.4 Å². The van der Waals surface area contributed by atoms with Gasteiger partial charge in [-0.05, 0) is 6.92 Å². The summed E-state index contributed by atoms with van der Waals surface area (Å²) in [5.41, 5.74) is 4.74. The molecule has 14 heavy (non-hydrogen) atoms. The second-order valence-corrected chi connectivity index (χ2v) is 2.62. The van der Waals surface area contributed by atoms with Crippen molar-refractivity contribution < 1.29 is 14.3 Å². The molecule has 6 nitrogen and oxygen atoms in total. The van der Waals surface area contributed by atoms with Gasteiger partial charge in [0.05, 0.1) is 0 Å². The average molecular weight is 203 g/mol. The van der Waals surface area contributed by atoms with Gasteiger partial charge in [0.15, 0.2) is 0 Å². The first-order chi connectivity index (χ1) is 6.66. The van der Waals surface area contributed by atoms with Crippen molar-refractivity contribution >= 4 is 12.0 Å². The lowest BCUT2D eigenvalue weighted by Gasteiger charge is -2.04. The van der Waals surface area contributed by atoms with E-state index in [0.29, 0.717) is 26.1 Å². The summed E-state index contributed by atoms with van der Waals surface area (Å²) in [6.45, 7) is 3.80. The molecule has 6 heteroatoms. The van der Waals surface area contributed by atoms with Crippen molar-refractivity contribution in [3.05, 3.63) is 0 Å². The number of primary amides is 1. The van der Waals surface area contributed by atoms with Gasteiger partial charge < -0.3 is 21.1 Å². The van der Waals surface area contributed by atoms with Crippen LogP contribution in [0.4, 0.5) is 4.79 Å². The molecule has 0 saturated carbocycles. The Hall–Kier alpha value is -1.30. The van der Waals surface area contributed by atoms with Crippen molar-refractivity contribution in [2.75, 3.05) is 26.2 Å². The predicted molar refractivity (Wildman–Crippen MR) is 51.7 cm³/mol. The normalized spacial score (nSPS) is 9.50. The molecule has 0 aliphatic heterocycles. The molecule has 0 fully saturated rings. The van der Waals surface area contributed by atoms with Gasteiger partial charge in [-0.15, -0.1) is 0 Å². The van der Waals surface area contributed by atoms with Crippen LogP contribution in [-0.2, 0) is 9.53 Å². The fraction of sp³-hybridized carbons (Fsp3) is 0.750. The molecule has 0 bridgehead atoms. The van der Waals surface area contributed by atoms with Crippen molar-refractivity contribution in [3.8, 4) is 0 Å². The number of hydrogen-bond donors (Lipinski definition) is 3. The molecule has 0 unspecified atom stereocenters. The third kappa shape index (κ3) is 8.79. The summed E-state index contributed by atoms with van der Waals surface area (Å²) in [5.74, 6) is 0.0100. The summed E-state index contributed by atoms with van der Waals surface area (Å²) < 4.78 is 4.47. The van der Waals surface area contributed by atoms with Crippen LogP contribution < -0.4 is 16.4 Å². The highest BCUT2D eigenvalue weighted by molar-refractivity contribution is 5.75. The number of hydrogen-bond acceptors (Lipinski definition) is 4. The van der Waals surface area contributed by atoms with Gasteiger partial charge in [-0.1, -0.05) is 0 Å². The molecule has 0 saturated heterocycles. The van der Waals surface area contributed by atoms with Crippen molar-refractivity contribution in [1.82, 2.24) is 10.6 Å². The summed E-state index contributed by atoms with van der Waals surface area (Å²) in [6.07, 6.45) is -0.361. The van der Waals surface area contributed by atoms with Crippen LogP contribution in [0, 0.1) is 0 Å². The van der Waals surface area contributed by atoms with Crippen LogP contribution in [0.5, 0.6) is 0 Å². The molecule has 0 radical (unpaired) electrons. The van der Waals surface area contributed by atoms with Crippen LogP contribution in [0.2, 0.25) is 0 Å². The predicted octanol–water partition coefficient (Wildman–Crippen LogP) is -0.802. The molecule has 0 rings (SSSR count). The Bertz CT molecular complexity index is 185. The van der Waals surface area contributed by atoms with Gasteiger partial charge in [0.1, 0.15) is 6.61 Å². The summed E-state index contributed by atoms with van der Waals surface area (Å²) in [7, 11) is 0. The zero-order valence-electron chi connectivity index (χ0n) is 8.34. The Labute approximate surface area is 83.2 Å². The average Bonchev–Trinajstić information content (AvgIpc) is 2.11. The number of rotatable bonds is 7. The second-order valence-electron chi connectivity index (χ2n) is 2.62. The van der Waals surface area contributed by atoms with Crippen LogP contribution in [0.15, 0.2) is 0 Å². The summed E-state index contributed by atoms with van der Waals surface area (Å²) in [6, 6.07) is 0. The smallest absolute Gasteiger partial charge is 0.404 e. The molecule has 0 aliphatic rings. The first kappa shape index (κ1) is 12.7. The van der Waals surface area contributed by atoms with E-state index in [1.807, 2.05) is 6.92 Å². The molecule has 0 aromatic rings. The monoisotopic (exact) mass is 203 g/mol. The molecule has 0 spiro atoms. The van der Waals surface area contributed by atoms with Crippen LogP contribution in [0.1, 0.15) is 13.3 Å². The van der Waals surface area contributed by atoms with Gasteiger partial charge in [-0.2, -0.15) is 0 Å². The fourth-order valence-corrected chi connectivity index (χ4v) is 0.836. The van der Waals surface area contributed by atoms with Gasteiger partial charge in [0, 0.05) is 26.1 Å². The van der Waals surface area contributed by atoms with Crippen molar-refractivity contribution in [1.29, 1.82) is 0 Å². The van der Waals surface area contributed by atoms with Gasteiger partial charge in [-0.25, -0.2) is 4.79 Å². The number of nitrogens with two attached hydrogens (primary N) is 1. The minimum atomic E-state index is -0.782. The quantitative estimate of drug-likeness (QED) is 0.472. The molecular weight excluding hydrogens is 186 g/mol. The van der Waals surface area contributed by atoms with E-state index in [4.69, 9.17) is 5.73 Å². The molecule has 2 amide bonds. The molecule has 0 aromatic carbocycles. The summed E-state index contributed by atoms with van der Waals surface area (Å²) in [5, 5.41) is 5.61. The highest BCUT2D eigenvalue weighted by Gasteiger charge is 1.98. The molecule has 0 atom stereocenters. The lowest BCUT2D eigenvalue weighted by atomic mass is 10.4. The van der Waals surface area contributed by atoms with Gasteiger partial charge in [-0.3, -0.25) is 4.79 Å². The number of carbonyl (C=O) groups excluding carboxylic acids is 2. The number of carbonyl (C=O) groups is 2. The largest absolute Gasteiger partial charge is 0.448 e. The van der Waals surface area contributed by atoms with E-state index in [1.165, 1.54) is 0 Å². The van der Waals surface area contributed by atoms with Crippen LogP contribution >= 0.6 is 0 Å². The van der Waals surface area contributed by atoms with Gasteiger partial charge >= 0.3 is 6.09 Å². The van der Waals surface area contributed by atoms with Crippen LogP contribution in [-0.4, -0.2) is 38.2 Å². The fourth-order valence-electron chi connectivity index (χ4n) is 0.836. The Morgan fingerprint density at radius 2 is 2.07 bits per heavy atom. The minimum absolute atomic E-state index is 0.0100. The molecule has 0 aliphatic carbocycles. The SMILES string of the molecule is CCNC(=O)CCNCCOC(N)=O. The maximum Gasteiger partial charge on any atom is 0.404 e. The lowest BCUT2D eigenvalue weighted by Crippen LogP contribution is -2.29. The first-order valence-electron chi connectivity index (χ1n) is 4.56. The Balaban J connectivity index is 3.13. The zero-order chi connectivity index (χ0) is 10.8. The summed E-state index contributed by atoms with van der Waals surface area (Å²) in [4.78, 5) is 21.1. The molecule has 82 valence electrons. The maximum absolute atomic E-state index is 10.9. The lowest BCUT2D eigenvalue weighted by molar-refractivity contribution is -0.120. The number of nitrogens with one attached hydrogen (secondary N) is 2. The highest BCUT2D eigenvalue weighted by atomic mass is 16.5. The number of ether oxygens (including phenoxy) is 1. The van der Waals surface area contributed by atoms with Gasteiger partial charge in [0.2, 0.25) is 5.91 Å². The van der Waals surface area contributed by atoms with E-state index in [9.17, 15) is 9.59 Å². The standard InChI is InChI=1S/C8H17N3O3/c1-2-11-7(12)3-4-10-5-6-14-8(9)13/h10H,2-6H2,1H3,(H2,9,13)(H,11,12). The van der Waals surface area contributed by atoms with Crippen LogP contribution in [0.25, 0.3) is 0 Å². The third-order valence-electron chi connectivity index (χ3n) is 1.43.